The van der Waals surface area contributed by atoms with Crippen molar-refractivity contribution in [3.63, 3.8) is 0 Å². The molecular weight excluding hydrogens is 334 g/mol. The molecule has 0 radical (unpaired) electrons. The Morgan fingerprint density at radius 1 is 1.22 bits per heavy atom. The molecule has 0 spiro atoms. The van der Waals surface area contributed by atoms with Gasteiger partial charge in [-0.1, -0.05) is 32.9 Å². The average molecular weight is 368 g/mol. The third-order valence-electron chi connectivity index (χ3n) is 5.12. The van der Waals surface area contributed by atoms with Crippen molar-refractivity contribution in [2.45, 2.75) is 39.5 Å². The third kappa shape index (κ3) is 5.21. The topological polar surface area (TPSA) is 71.4 Å². The molecule has 1 aliphatic rings. The molecule has 5 nitrogen and oxygen atoms in total. The summed E-state index contributed by atoms with van der Waals surface area (Å²) >= 11 is 0. The van der Waals surface area contributed by atoms with Gasteiger partial charge in [-0.2, -0.15) is 0 Å². The number of hydrogen-bond acceptors (Lipinski definition) is 5. The SMILES string of the molecule is CN(N)/C=C(\N)c1ccc2cnc(C3CCN(CC(C)(C)C)CC3)cc2c1. The van der Waals surface area contributed by atoms with Crippen molar-refractivity contribution in [1.82, 2.24) is 14.9 Å². The lowest BCUT2D eigenvalue weighted by molar-refractivity contribution is 0.153. The zero-order valence-electron chi connectivity index (χ0n) is 17.1. The van der Waals surface area contributed by atoms with E-state index in [2.05, 4.69) is 43.9 Å². The van der Waals surface area contributed by atoms with Crippen LogP contribution in [0.1, 0.15) is 50.8 Å². The maximum atomic E-state index is 6.15. The van der Waals surface area contributed by atoms with Crippen molar-refractivity contribution in [3.8, 4) is 0 Å². The lowest BCUT2D eigenvalue weighted by Gasteiger charge is -2.35. The second kappa shape index (κ2) is 7.87. The van der Waals surface area contributed by atoms with Gasteiger partial charge in [0.1, 0.15) is 0 Å². The van der Waals surface area contributed by atoms with Crippen molar-refractivity contribution in [1.29, 1.82) is 0 Å². The van der Waals surface area contributed by atoms with Gasteiger partial charge in [-0.3, -0.25) is 4.98 Å². The van der Waals surface area contributed by atoms with Gasteiger partial charge in [0.2, 0.25) is 0 Å². The molecule has 1 saturated heterocycles. The quantitative estimate of drug-likeness (QED) is 0.639. The molecule has 1 aromatic heterocycles. The van der Waals surface area contributed by atoms with Crippen LogP contribution >= 0.6 is 0 Å². The minimum Gasteiger partial charge on any atom is -0.397 e. The van der Waals surface area contributed by atoms with Crippen LogP contribution in [0.4, 0.5) is 0 Å². The van der Waals surface area contributed by atoms with Crippen LogP contribution in [0.15, 0.2) is 36.7 Å². The first kappa shape index (κ1) is 19.6. The van der Waals surface area contributed by atoms with E-state index in [1.165, 1.54) is 28.9 Å². The normalized spacial score (nSPS) is 17.4. The first-order valence-corrected chi connectivity index (χ1v) is 9.78. The third-order valence-corrected chi connectivity index (χ3v) is 5.12. The number of hydrogen-bond donors (Lipinski definition) is 2. The van der Waals surface area contributed by atoms with E-state index in [4.69, 9.17) is 16.6 Å². The molecule has 3 rings (SSSR count). The van der Waals surface area contributed by atoms with Crippen molar-refractivity contribution in [2.75, 3.05) is 26.7 Å². The summed E-state index contributed by atoms with van der Waals surface area (Å²) in [7, 11) is 1.77. The fraction of sp³-hybridized carbons (Fsp3) is 0.500. The molecule has 1 aromatic carbocycles. The monoisotopic (exact) mass is 367 g/mol. The maximum absolute atomic E-state index is 6.15. The molecule has 0 aliphatic carbocycles. The molecule has 2 heterocycles. The Hall–Kier alpha value is -2.11. The van der Waals surface area contributed by atoms with E-state index < -0.39 is 0 Å². The van der Waals surface area contributed by atoms with E-state index in [0.29, 0.717) is 17.0 Å². The minimum absolute atomic E-state index is 0.357. The predicted octanol–water partition coefficient (Wildman–Crippen LogP) is 3.52. The van der Waals surface area contributed by atoms with Crippen LogP contribution < -0.4 is 11.6 Å². The van der Waals surface area contributed by atoms with Crippen LogP contribution in [0.25, 0.3) is 16.5 Å². The summed E-state index contributed by atoms with van der Waals surface area (Å²) in [5.41, 5.74) is 9.36. The molecule has 0 saturated carbocycles. The van der Waals surface area contributed by atoms with Gasteiger partial charge in [0.15, 0.2) is 0 Å². The molecular formula is C22H33N5. The van der Waals surface area contributed by atoms with Gasteiger partial charge >= 0.3 is 0 Å². The number of aromatic nitrogens is 1. The van der Waals surface area contributed by atoms with E-state index in [1.54, 1.807) is 13.2 Å². The Morgan fingerprint density at radius 2 is 1.93 bits per heavy atom. The summed E-state index contributed by atoms with van der Waals surface area (Å²) in [4.78, 5) is 7.35. The fourth-order valence-corrected chi connectivity index (χ4v) is 3.91. The molecule has 5 heteroatoms. The Bertz CT molecular complexity index is 811. The highest BCUT2D eigenvalue weighted by atomic mass is 15.4. The van der Waals surface area contributed by atoms with E-state index in [-0.39, 0.29) is 0 Å². The molecule has 0 amide bonds. The number of rotatable bonds is 4. The zero-order chi connectivity index (χ0) is 19.6. The first-order chi connectivity index (χ1) is 12.7. The summed E-state index contributed by atoms with van der Waals surface area (Å²) in [6, 6.07) is 8.46. The van der Waals surface area contributed by atoms with Crippen molar-refractivity contribution >= 4 is 16.5 Å². The number of nitrogens with two attached hydrogens (primary N) is 2. The molecule has 1 fully saturated rings. The molecule has 27 heavy (non-hydrogen) atoms. The first-order valence-electron chi connectivity index (χ1n) is 9.78. The fourth-order valence-electron chi connectivity index (χ4n) is 3.91. The second-order valence-electron chi connectivity index (χ2n) is 9.03. The van der Waals surface area contributed by atoms with Crippen LogP contribution in [-0.2, 0) is 0 Å². The predicted molar refractivity (Wildman–Crippen MR) is 114 cm³/mol. The van der Waals surface area contributed by atoms with Crippen molar-refractivity contribution in [2.24, 2.45) is 17.0 Å². The van der Waals surface area contributed by atoms with E-state index in [9.17, 15) is 0 Å². The van der Waals surface area contributed by atoms with Gasteiger partial charge in [-0.05, 0) is 54.4 Å². The molecule has 2 aromatic rings. The minimum atomic E-state index is 0.357. The molecule has 146 valence electrons. The van der Waals surface area contributed by atoms with E-state index in [1.807, 2.05) is 12.3 Å². The van der Waals surface area contributed by atoms with Crippen molar-refractivity contribution < 1.29 is 0 Å². The average Bonchev–Trinajstić information content (AvgIpc) is 2.59. The van der Waals surface area contributed by atoms with Gasteiger partial charge in [-0.15, -0.1) is 0 Å². The lowest BCUT2D eigenvalue weighted by atomic mass is 9.89. The van der Waals surface area contributed by atoms with Gasteiger partial charge in [-0.25, -0.2) is 5.84 Å². The van der Waals surface area contributed by atoms with E-state index >= 15 is 0 Å². The second-order valence-corrected chi connectivity index (χ2v) is 9.03. The summed E-state index contributed by atoms with van der Waals surface area (Å²) in [6.07, 6.45) is 6.07. The number of pyridine rings is 1. The smallest absolute Gasteiger partial charge is 0.0564 e. The van der Waals surface area contributed by atoms with Gasteiger partial charge in [0.05, 0.1) is 5.70 Å². The van der Waals surface area contributed by atoms with Crippen LogP contribution in [0.5, 0.6) is 0 Å². The Balaban J connectivity index is 1.76. The molecule has 1 aliphatic heterocycles. The number of fused-ring (bicyclic) bond motifs is 1. The molecule has 0 unspecified atom stereocenters. The number of piperidine rings is 1. The van der Waals surface area contributed by atoms with Crippen LogP contribution in [0.2, 0.25) is 0 Å². The Morgan fingerprint density at radius 3 is 2.56 bits per heavy atom. The largest absolute Gasteiger partial charge is 0.397 e. The molecule has 0 atom stereocenters. The summed E-state index contributed by atoms with van der Waals surface area (Å²) < 4.78 is 0. The maximum Gasteiger partial charge on any atom is 0.0564 e. The lowest BCUT2D eigenvalue weighted by Crippen LogP contribution is -2.38. The zero-order valence-corrected chi connectivity index (χ0v) is 17.1. The number of nitrogens with zero attached hydrogens (tertiary/aromatic N) is 3. The van der Waals surface area contributed by atoms with E-state index in [0.717, 1.165) is 30.6 Å². The van der Waals surface area contributed by atoms with Crippen molar-refractivity contribution in [3.05, 3.63) is 47.9 Å². The van der Waals surface area contributed by atoms with Crippen LogP contribution in [-0.4, -0.2) is 41.6 Å². The standard InChI is InChI=1S/C22H33N5/c1-22(2,3)15-27-9-7-16(8-10-27)21-12-19-11-17(20(23)14-26(4)24)5-6-18(19)13-25-21/h5-6,11-14,16H,7-10,15,23-24H2,1-4H3/b20-14-. The number of likely N-dealkylation sites (tertiary alicyclic amines) is 1. The summed E-state index contributed by atoms with van der Waals surface area (Å²) in [5.74, 6) is 6.22. The highest BCUT2D eigenvalue weighted by Crippen LogP contribution is 2.30. The highest BCUT2D eigenvalue weighted by molar-refractivity contribution is 5.85. The Labute approximate surface area is 163 Å². The summed E-state index contributed by atoms with van der Waals surface area (Å²) in [5, 5.41) is 3.80. The highest BCUT2D eigenvalue weighted by Gasteiger charge is 2.24. The molecule has 4 N–H and O–H groups in total. The van der Waals surface area contributed by atoms with Crippen LogP contribution in [0.3, 0.4) is 0 Å². The molecule has 0 bridgehead atoms. The van der Waals surface area contributed by atoms with Gasteiger partial charge < -0.3 is 15.6 Å². The van der Waals surface area contributed by atoms with Crippen LogP contribution in [0, 0.1) is 5.41 Å². The summed E-state index contributed by atoms with van der Waals surface area (Å²) in [6.45, 7) is 10.4. The van der Waals surface area contributed by atoms with Gasteiger partial charge in [0, 0.05) is 43.0 Å². The number of hydrazine groups is 1. The van der Waals surface area contributed by atoms with Gasteiger partial charge in [0.25, 0.3) is 0 Å². The Kier molecular flexibility index (Phi) is 5.72. The number of benzene rings is 1.